The van der Waals surface area contributed by atoms with Gasteiger partial charge in [0.2, 0.25) is 0 Å². The van der Waals surface area contributed by atoms with Crippen molar-refractivity contribution in [1.82, 2.24) is 0 Å². The summed E-state index contributed by atoms with van der Waals surface area (Å²) in [6.45, 7) is 0.252. The first kappa shape index (κ1) is 11.1. The summed E-state index contributed by atoms with van der Waals surface area (Å²) in [5.74, 6) is 4.99. The lowest BCUT2D eigenvalue weighted by atomic mass is 10.1. The average molecular weight is 204 g/mol. The number of hydrogen-bond donors (Lipinski definition) is 2. The van der Waals surface area contributed by atoms with Gasteiger partial charge in [-0.25, -0.2) is 4.79 Å². The van der Waals surface area contributed by atoms with Crippen LogP contribution in [0.25, 0.3) is 0 Å². The van der Waals surface area contributed by atoms with Crippen LogP contribution in [0.3, 0.4) is 0 Å². The second-order valence-corrected chi connectivity index (χ2v) is 2.76. The van der Waals surface area contributed by atoms with Crippen LogP contribution in [0.5, 0.6) is 0 Å². The summed E-state index contributed by atoms with van der Waals surface area (Å²) >= 11 is 0. The normalized spacial score (nSPS) is 8.93. The first-order valence-electron chi connectivity index (χ1n) is 4.36. The second kappa shape index (κ2) is 5.03. The minimum Gasteiger partial charge on any atom is -0.465 e. The molecule has 0 saturated heterocycles. The Balaban J connectivity index is 3.17. The molecule has 0 aliphatic carbocycles. The second-order valence-electron chi connectivity index (χ2n) is 2.76. The van der Waals surface area contributed by atoms with Crippen LogP contribution in [-0.2, 0) is 4.74 Å². The molecule has 0 spiro atoms. The number of esters is 1. The summed E-state index contributed by atoms with van der Waals surface area (Å²) < 4.78 is 4.58. The Labute approximate surface area is 88.2 Å². The van der Waals surface area contributed by atoms with Gasteiger partial charge in [0.15, 0.2) is 0 Å². The largest absolute Gasteiger partial charge is 0.465 e. The molecule has 0 amide bonds. The molecule has 0 saturated carbocycles. The van der Waals surface area contributed by atoms with Gasteiger partial charge < -0.3 is 16.2 Å². The number of ether oxygens (including phenoxy) is 1. The lowest BCUT2D eigenvalue weighted by Gasteiger charge is -2.04. The van der Waals surface area contributed by atoms with Crippen molar-refractivity contribution in [3.05, 3.63) is 29.3 Å². The zero-order valence-electron chi connectivity index (χ0n) is 8.41. The van der Waals surface area contributed by atoms with E-state index in [-0.39, 0.29) is 6.54 Å². The molecule has 0 fully saturated rings. The van der Waals surface area contributed by atoms with Crippen LogP contribution in [0, 0.1) is 11.8 Å². The molecule has 0 unspecified atom stereocenters. The number of nitrogens with two attached hydrogens (primary N) is 2. The zero-order chi connectivity index (χ0) is 11.3. The maximum Gasteiger partial charge on any atom is 0.339 e. The van der Waals surface area contributed by atoms with Crippen molar-refractivity contribution in [3.63, 3.8) is 0 Å². The topological polar surface area (TPSA) is 78.3 Å². The van der Waals surface area contributed by atoms with E-state index < -0.39 is 5.97 Å². The van der Waals surface area contributed by atoms with Crippen LogP contribution < -0.4 is 11.5 Å². The van der Waals surface area contributed by atoms with Gasteiger partial charge in [-0.15, -0.1) is 0 Å². The summed E-state index contributed by atoms with van der Waals surface area (Å²) in [6, 6.07) is 5.02. The van der Waals surface area contributed by atoms with Crippen LogP contribution in [0.2, 0.25) is 0 Å². The summed E-state index contributed by atoms with van der Waals surface area (Å²) in [7, 11) is 1.31. The molecule has 4 heteroatoms. The van der Waals surface area contributed by atoms with Gasteiger partial charge in [-0.2, -0.15) is 0 Å². The van der Waals surface area contributed by atoms with Gasteiger partial charge >= 0.3 is 5.97 Å². The van der Waals surface area contributed by atoms with Gasteiger partial charge in [0.05, 0.1) is 24.9 Å². The van der Waals surface area contributed by atoms with E-state index in [1.54, 1.807) is 18.2 Å². The quantitative estimate of drug-likeness (QED) is 0.393. The van der Waals surface area contributed by atoms with Gasteiger partial charge in [-0.1, -0.05) is 17.9 Å². The predicted molar refractivity (Wildman–Crippen MR) is 58.1 cm³/mol. The number of nitrogen functional groups attached to an aromatic ring is 1. The lowest BCUT2D eigenvalue weighted by molar-refractivity contribution is 0.0602. The standard InChI is InChI=1S/C11H12N2O2/c1-15-11(14)9-6-2-4-8(10(9)13)5-3-7-12/h2,4,6H,7,12-13H2,1H3. The summed E-state index contributed by atoms with van der Waals surface area (Å²) in [5.41, 5.74) is 12.2. The van der Waals surface area contributed by atoms with E-state index in [4.69, 9.17) is 11.5 Å². The maximum absolute atomic E-state index is 11.3. The van der Waals surface area contributed by atoms with Gasteiger partial charge in [0.1, 0.15) is 0 Å². The molecule has 0 radical (unpaired) electrons. The highest BCUT2D eigenvalue weighted by molar-refractivity contribution is 5.96. The fourth-order valence-electron chi connectivity index (χ4n) is 1.11. The first-order chi connectivity index (χ1) is 7.20. The molecule has 0 bridgehead atoms. The number of methoxy groups -OCH3 is 1. The van der Waals surface area contributed by atoms with Crippen molar-refractivity contribution in [3.8, 4) is 11.8 Å². The van der Waals surface area contributed by atoms with Crippen molar-refractivity contribution in [2.45, 2.75) is 0 Å². The van der Waals surface area contributed by atoms with E-state index in [1.165, 1.54) is 7.11 Å². The highest BCUT2D eigenvalue weighted by Gasteiger charge is 2.11. The predicted octanol–water partition coefficient (Wildman–Crippen LogP) is 0.366. The Morgan fingerprint density at radius 2 is 2.27 bits per heavy atom. The summed E-state index contributed by atoms with van der Waals surface area (Å²) in [4.78, 5) is 11.3. The smallest absolute Gasteiger partial charge is 0.339 e. The van der Waals surface area contributed by atoms with E-state index in [9.17, 15) is 4.79 Å². The molecule has 78 valence electrons. The van der Waals surface area contributed by atoms with Crippen molar-refractivity contribution in [2.24, 2.45) is 5.73 Å². The van der Waals surface area contributed by atoms with E-state index in [0.717, 1.165) is 0 Å². The Kier molecular flexibility index (Phi) is 3.72. The number of rotatable bonds is 1. The summed E-state index contributed by atoms with van der Waals surface area (Å²) in [5, 5.41) is 0. The fraction of sp³-hybridized carbons (Fsp3) is 0.182. The average Bonchev–Trinajstić information content (AvgIpc) is 2.27. The molecular weight excluding hydrogens is 192 g/mol. The number of anilines is 1. The number of carbonyl (C=O) groups excluding carboxylic acids is 1. The van der Waals surface area contributed by atoms with Crippen LogP contribution in [0.4, 0.5) is 5.69 Å². The van der Waals surface area contributed by atoms with Gasteiger partial charge in [-0.3, -0.25) is 0 Å². The highest BCUT2D eigenvalue weighted by Crippen LogP contribution is 2.17. The molecule has 15 heavy (non-hydrogen) atoms. The van der Waals surface area contributed by atoms with E-state index in [2.05, 4.69) is 16.6 Å². The van der Waals surface area contributed by atoms with E-state index >= 15 is 0 Å². The monoisotopic (exact) mass is 204 g/mol. The van der Waals surface area contributed by atoms with Crippen molar-refractivity contribution in [1.29, 1.82) is 0 Å². The van der Waals surface area contributed by atoms with Crippen LogP contribution >= 0.6 is 0 Å². The van der Waals surface area contributed by atoms with Crippen LogP contribution in [-0.4, -0.2) is 19.6 Å². The van der Waals surface area contributed by atoms with E-state index in [0.29, 0.717) is 16.8 Å². The molecule has 0 aliphatic rings. The maximum atomic E-state index is 11.3. The first-order valence-corrected chi connectivity index (χ1v) is 4.36. The molecule has 1 rings (SSSR count). The molecule has 0 atom stereocenters. The third-order valence-electron chi connectivity index (χ3n) is 1.84. The molecule has 4 N–H and O–H groups in total. The van der Waals surface area contributed by atoms with E-state index in [1.807, 2.05) is 0 Å². The fourth-order valence-corrected chi connectivity index (χ4v) is 1.11. The van der Waals surface area contributed by atoms with Gasteiger partial charge in [0.25, 0.3) is 0 Å². The Bertz CT molecular complexity index is 430. The van der Waals surface area contributed by atoms with Crippen LogP contribution in [0.1, 0.15) is 15.9 Å². The van der Waals surface area contributed by atoms with Crippen molar-refractivity contribution >= 4 is 11.7 Å². The summed E-state index contributed by atoms with van der Waals surface area (Å²) in [6.07, 6.45) is 0. The Hall–Kier alpha value is -1.99. The molecule has 1 aromatic carbocycles. The molecule has 4 nitrogen and oxygen atoms in total. The number of benzene rings is 1. The van der Waals surface area contributed by atoms with Crippen molar-refractivity contribution < 1.29 is 9.53 Å². The van der Waals surface area contributed by atoms with Crippen molar-refractivity contribution in [2.75, 3.05) is 19.4 Å². The third-order valence-corrected chi connectivity index (χ3v) is 1.84. The molecule has 0 heterocycles. The molecule has 0 aromatic heterocycles. The minimum absolute atomic E-state index is 0.252. The Morgan fingerprint density at radius 3 is 2.87 bits per heavy atom. The number of para-hydroxylation sites is 1. The lowest BCUT2D eigenvalue weighted by Crippen LogP contribution is -2.06. The molecule has 0 aliphatic heterocycles. The van der Waals surface area contributed by atoms with Crippen LogP contribution in [0.15, 0.2) is 18.2 Å². The zero-order valence-corrected chi connectivity index (χ0v) is 8.41. The minimum atomic E-state index is -0.469. The number of carbonyl (C=O) groups is 1. The molecule has 1 aromatic rings. The Morgan fingerprint density at radius 1 is 1.53 bits per heavy atom. The SMILES string of the molecule is COC(=O)c1cccc(C#CCN)c1N. The van der Waals surface area contributed by atoms with Gasteiger partial charge in [-0.05, 0) is 12.1 Å². The molecular formula is C11H12N2O2. The van der Waals surface area contributed by atoms with Gasteiger partial charge in [0, 0.05) is 5.56 Å². The third kappa shape index (κ3) is 2.48. The number of hydrogen-bond acceptors (Lipinski definition) is 4. The highest BCUT2D eigenvalue weighted by atomic mass is 16.5.